The quantitative estimate of drug-likeness (QED) is 0.163. The maximum Gasteiger partial charge on any atom is 0.266 e. The minimum absolute atomic E-state index is 0.000803. The summed E-state index contributed by atoms with van der Waals surface area (Å²) in [6.07, 6.45) is 1.56. The van der Waals surface area contributed by atoms with Gasteiger partial charge in [0.15, 0.2) is 0 Å². The van der Waals surface area contributed by atoms with E-state index in [9.17, 15) is 10.1 Å². The smallest absolute Gasteiger partial charge is 0.266 e. The Kier molecular flexibility index (Phi) is 9.00. The molecule has 0 aliphatic rings. The number of halogens is 4. The predicted molar refractivity (Wildman–Crippen MR) is 149 cm³/mol. The molecule has 0 saturated carbocycles. The summed E-state index contributed by atoms with van der Waals surface area (Å²) in [5.41, 5.74) is 2.36. The van der Waals surface area contributed by atoms with Gasteiger partial charge in [0.2, 0.25) is 0 Å². The van der Waals surface area contributed by atoms with Gasteiger partial charge < -0.3 is 10.1 Å². The normalized spacial score (nSPS) is 11.0. The summed E-state index contributed by atoms with van der Waals surface area (Å²) in [5, 5.41) is 12.7. The average molecular weight is 767 g/mol. The molecular weight excluding hydrogens is 752 g/mol. The van der Waals surface area contributed by atoms with E-state index in [2.05, 4.69) is 73.1 Å². The van der Waals surface area contributed by atoms with Gasteiger partial charge in [-0.15, -0.1) is 0 Å². The van der Waals surface area contributed by atoms with E-state index in [0.29, 0.717) is 17.3 Å². The van der Waals surface area contributed by atoms with Gasteiger partial charge in [0, 0.05) is 14.3 Å². The third-order valence-corrected chi connectivity index (χ3v) is 6.63. The lowest BCUT2D eigenvalue weighted by Crippen LogP contribution is -2.13. The zero-order valence-electron chi connectivity index (χ0n) is 15.8. The van der Waals surface area contributed by atoms with Gasteiger partial charge in [-0.3, -0.25) is 4.79 Å². The topological polar surface area (TPSA) is 62.1 Å². The Labute approximate surface area is 226 Å². The fraction of sp³-hybridized carbons (Fsp3) is 0.0435. The molecule has 0 saturated heterocycles. The molecular formula is C23H14ClI3N2O2. The lowest BCUT2D eigenvalue weighted by atomic mass is 10.1. The Hall–Kier alpha value is -1.36. The second-order valence-electron chi connectivity index (χ2n) is 6.36. The van der Waals surface area contributed by atoms with Crippen LogP contribution < -0.4 is 10.1 Å². The monoisotopic (exact) mass is 766 g/mol. The summed E-state index contributed by atoms with van der Waals surface area (Å²) >= 11 is 12.6. The van der Waals surface area contributed by atoms with Crippen LogP contribution in [0.15, 0.2) is 66.2 Å². The number of hydrogen-bond donors (Lipinski definition) is 1. The Morgan fingerprint density at radius 2 is 1.74 bits per heavy atom. The van der Waals surface area contributed by atoms with Crippen molar-refractivity contribution in [3.8, 4) is 11.8 Å². The highest BCUT2D eigenvalue weighted by molar-refractivity contribution is 14.1. The Morgan fingerprint density at radius 1 is 1.06 bits per heavy atom. The average Bonchev–Trinajstić information content (AvgIpc) is 2.72. The van der Waals surface area contributed by atoms with Crippen LogP contribution in [0.3, 0.4) is 0 Å². The number of nitrogens with one attached hydrogen (secondary N) is 1. The summed E-state index contributed by atoms with van der Waals surface area (Å²) < 4.78 is 8.99. The van der Waals surface area contributed by atoms with E-state index in [4.69, 9.17) is 16.3 Å². The largest absolute Gasteiger partial charge is 0.487 e. The van der Waals surface area contributed by atoms with E-state index < -0.39 is 5.91 Å². The first-order valence-corrected chi connectivity index (χ1v) is 12.5. The molecule has 0 aliphatic carbocycles. The highest BCUT2D eigenvalue weighted by atomic mass is 127. The molecule has 31 heavy (non-hydrogen) atoms. The molecule has 3 aromatic rings. The molecule has 3 rings (SSSR count). The van der Waals surface area contributed by atoms with Crippen molar-refractivity contribution in [1.82, 2.24) is 0 Å². The van der Waals surface area contributed by atoms with Crippen LogP contribution in [-0.2, 0) is 11.4 Å². The summed E-state index contributed by atoms with van der Waals surface area (Å²) in [4.78, 5) is 12.5. The SMILES string of the molecule is N#C/C(=C\c1cc(I)c(OCc2ccc(I)cc2)c(I)c1)C(=O)Nc1cccc(Cl)c1. The number of nitrogens with zero attached hydrogens (tertiary/aromatic N) is 1. The molecule has 0 spiro atoms. The third kappa shape index (κ3) is 7.06. The standard InChI is InChI=1S/C23H14ClI3N2O2/c24-17-2-1-3-19(11-17)29-23(30)16(12-28)8-15-9-20(26)22(21(27)10-15)31-13-14-4-6-18(25)7-5-14/h1-11H,13H2,(H,29,30)/b16-8+. The summed E-state index contributed by atoms with van der Waals surface area (Å²) in [5.74, 6) is 0.285. The van der Waals surface area contributed by atoms with Gasteiger partial charge in [0.25, 0.3) is 5.91 Å². The first kappa shape index (κ1) is 24.3. The minimum Gasteiger partial charge on any atom is -0.487 e. The van der Waals surface area contributed by atoms with Gasteiger partial charge in [-0.25, -0.2) is 0 Å². The molecule has 0 aromatic heterocycles. The van der Waals surface area contributed by atoms with Crippen LogP contribution in [-0.4, -0.2) is 5.91 Å². The van der Waals surface area contributed by atoms with Crippen LogP contribution in [0.1, 0.15) is 11.1 Å². The second kappa shape index (κ2) is 11.5. The number of anilines is 1. The number of carbonyl (C=O) groups excluding carboxylic acids is 1. The fourth-order valence-electron chi connectivity index (χ4n) is 2.62. The number of hydrogen-bond acceptors (Lipinski definition) is 3. The molecule has 0 heterocycles. The third-order valence-electron chi connectivity index (χ3n) is 4.08. The lowest BCUT2D eigenvalue weighted by Gasteiger charge is -2.12. The van der Waals surface area contributed by atoms with Crippen molar-refractivity contribution in [1.29, 1.82) is 5.26 Å². The van der Waals surface area contributed by atoms with Crippen molar-refractivity contribution in [3.63, 3.8) is 0 Å². The first-order chi connectivity index (χ1) is 14.9. The summed E-state index contributed by atoms with van der Waals surface area (Å²) in [6.45, 7) is 0.462. The predicted octanol–water partition coefficient (Wildman–Crippen LogP) is 7.28. The number of carbonyl (C=O) groups is 1. The van der Waals surface area contributed by atoms with Crippen molar-refractivity contribution in [2.75, 3.05) is 5.32 Å². The van der Waals surface area contributed by atoms with Crippen molar-refractivity contribution in [2.24, 2.45) is 0 Å². The molecule has 3 aromatic carbocycles. The molecule has 0 unspecified atom stereocenters. The number of ether oxygens (including phenoxy) is 1. The van der Waals surface area contributed by atoms with Crippen LogP contribution in [0.4, 0.5) is 5.69 Å². The van der Waals surface area contributed by atoms with Gasteiger partial charge >= 0.3 is 0 Å². The van der Waals surface area contributed by atoms with Gasteiger partial charge in [-0.2, -0.15) is 5.26 Å². The van der Waals surface area contributed by atoms with E-state index in [1.807, 2.05) is 42.5 Å². The van der Waals surface area contributed by atoms with E-state index in [1.54, 1.807) is 30.3 Å². The van der Waals surface area contributed by atoms with Gasteiger partial charge in [0.05, 0.1) is 7.14 Å². The molecule has 0 aliphatic heterocycles. The zero-order valence-corrected chi connectivity index (χ0v) is 23.1. The zero-order chi connectivity index (χ0) is 22.4. The van der Waals surface area contributed by atoms with Crippen LogP contribution in [0.25, 0.3) is 6.08 Å². The van der Waals surface area contributed by atoms with Gasteiger partial charge in [-0.05, 0) is 127 Å². The number of amides is 1. The summed E-state index contributed by atoms with van der Waals surface area (Å²) in [6, 6.07) is 20.7. The number of nitriles is 1. The van der Waals surface area contributed by atoms with Crippen LogP contribution in [0.5, 0.6) is 5.75 Å². The Bertz CT molecular complexity index is 1170. The molecule has 0 fully saturated rings. The van der Waals surface area contributed by atoms with E-state index in [0.717, 1.165) is 24.0 Å². The second-order valence-corrected chi connectivity index (χ2v) is 10.4. The highest BCUT2D eigenvalue weighted by Gasteiger charge is 2.13. The van der Waals surface area contributed by atoms with Crippen molar-refractivity contribution in [3.05, 3.63) is 93.1 Å². The first-order valence-electron chi connectivity index (χ1n) is 8.90. The van der Waals surface area contributed by atoms with E-state index >= 15 is 0 Å². The molecule has 1 N–H and O–H groups in total. The molecule has 8 heteroatoms. The number of benzene rings is 3. The molecule has 4 nitrogen and oxygen atoms in total. The maximum absolute atomic E-state index is 12.5. The summed E-state index contributed by atoms with van der Waals surface area (Å²) in [7, 11) is 0. The van der Waals surface area contributed by atoms with Crippen LogP contribution >= 0.6 is 79.4 Å². The van der Waals surface area contributed by atoms with Crippen molar-refractivity contribution < 1.29 is 9.53 Å². The molecule has 0 radical (unpaired) electrons. The minimum atomic E-state index is -0.492. The lowest BCUT2D eigenvalue weighted by molar-refractivity contribution is -0.112. The van der Waals surface area contributed by atoms with Gasteiger partial charge in [0.1, 0.15) is 24.0 Å². The molecule has 156 valence electrons. The fourth-order valence-corrected chi connectivity index (χ4v) is 5.29. The molecule has 0 atom stereocenters. The van der Waals surface area contributed by atoms with Crippen molar-refractivity contribution in [2.45, 2.75) is 6.61 Å². The highest BCUT2D eigenvalue weighted by Crippen LogP contribution is 2.30. The van der Waals surface area contributed by atoms with E-state index in [1.165, 1.54) is 3.57 Å². The van der Waals surface area contributed by atoms with Crippen LogP contribution in [0, 0.1) is 22.0 Å². The van der Waals surface area contributed by atoms with Crippen LogP contribution in [0.2, 0.25) is 5.02 Å². The maximum atomic E-state index is 12.5. The molecule has 1 amide bonds. The van der Waals surface area contributed by atoms with Crippen molar-refractivity contribution >= 4 is 97.0 Å². The van der Waals surface area contributed by atoms with E-state index in [-0.39, 0.29) is 5.57 Å². The Balaban J connectivity index is 1.76. The van der Waals surface area contributed by atoms with Gasteiger partial charge in [-0.1, -0.05) is 29.8 Å². The molecule has 0 bridgehead atoms. The Morgan fingerprint density at radius 3 is 2.35 bits per heavy atom. The number of rotatable bonds is 6.